The predicted molar refractivity (Wildman–Crippen MR) is 99.2 cm³/mol. The van der Waals surface area contributed by atoms with Crippen LogP contribution in [0.4, 0.5) is 11.4 Å². The van der Waals surface area contributed by atoms with Crippen LogP contribution in [0, 0.1) is 17.8 Å². The fourth-order valence-corrected chi connectivity index (χ4v) is 4.14. The summed E-state index contributed by atoms with van der Waals surface area (Å²) in [5.74, 6) is 0.904. The van der Waals surface area contributed by atoms with Crippen LogP contribution in [0.25, 0.3) is 0 Å². The summed E-state index contributed by atoms with van der Waals surface area (Å²) in [4.78, 5) is 26.4. The van der Waals surface area contributed by atoms with Gasteiger partial charge in [0, 0.05) is 30.4 Å². The lowest BCUT2D eigenvalue weighted by molar-refractivity contribution is -0.121. The standard InChI is InChI=1S/C19H28N4O2/c1-23(2)10-9-16(24)21-14-5-7-15(8-6-14)22-19(25)17-12-3-4-13(11-12)18(17)20/h5-8,12-13,17-18H,3-4,9-11,20H2,1-2H3,(H,21,24)(H,22,25). The first kappa shape index (κ1) is 17.9. The maximum atomic E-state index is 12.6. The minimum atomic E-state index is -0.0656. The lowest BCUT2D eigenvalue weighted by Crippen LogP contribution is -2.42. The van der Waals surface area contributed by atoms with Crippen LogP contribution in [0.3, 0.4) is 0 Å². The van der Waals surface area contributed by atoms with E-state index < -0.39 is 0 Å². The van der Waals surface area contributed by atoms with E-state index in [0.29, 0.717) is 24.8 Å². The van der Waals surface area contributed by atoms with Crippen molar-refractivity contribution in [1.82, 2.24) is 4.90 Å². The quantitative estimate of drug-likeness (QED) is 0.735. The SMILES string of the molecule is CN(C)CCC(=O)Nc1ccc(NC(=O)C2C3CCC(C3)C2N)cc1. The molecule has 2 saturated carbocycles. The van der Waals surface area contributed by atoms with Crippen molar-refractivity contribution in [2.45, 2.75) is 31.7 Å². The zero-order valence-electron chi connectivity index (χ0n) is 15.0. The Balaban J connectivity index is 1.52. The molecule has 4 N–H and O–H groups in total. The Hall–Kier alpha value is -1.92. The highest BCUT2D eigenvalue weighted by atomic mass is 16.2. The van der Waals surface area contributed by atoms with Gasteiger partial charge < -0.3 is 21.3 Å². The number of carbonyl (C=O) groups is 2. The number of fused-ring (bicyclic) bond motifs is 2. The van der Waals surface area contributed by atoms with E-state index in [-0.39, 0.29) is 23.8 Å². The lowest BCUT2D eigenvalue weighted by Gasteiger charge is -2.27. The fourth-order valence-electron chi connectivity index (χ4n) is 4.14. The highest BCUT2D eigenvalue weighted by molar-refractivity contribution is 5.94. The van der Waals surface area contributed by atoms with E-state index in [4.69, 9.17) is 5.73 Å². The Labute approximate surface area is 149 Å². The molecule has 2 bridgehead atoms. The minimum absolute atomic E-state index is 0.00555. The molecule has 1 aromatic rings. The van der Waals surface area contributed by atoms with E-state index in [9.17, 15) is 9.59 Å². The van der Waals surface area contributed by atoms with Gasteiger partial charge in [0.05, 0.1) is 5.92 Å². The molecule has 3 rings (SSSR count). The Morgan fingerprint density at radius 3 is 2.24 bits per heavy atom. The molecule has 1 aromatic carbocycles. The number of hydrogen-bond donors (Lipinski definition) is 3. The topological polar surface area (TPSA) is 87.5 Å². The van der Waals surface area contributed by atoms with E-state index in [2.05, 4.69) is 10.6 Å². The summed E-state index contributed by atoms with van der Waals surface area (Å²) in [7, 11) is 3.87. The van der Waals surface area contributed by atoms with Gasteiger partial charge in [0.1, 0.15) is 0 Å². The van der Waals surface area contributed by atoms with Crippen molar-refractivity contribution >= 4 is 23.2 Å². The zero-order chi connectivity index (χ0) is 18.0. The predicted octanol–water partition coefficient (Wildman–Crippen LogP) is 1.89. The molecule has 136 valence electrons. The van der Waals surface area contributed by atoms with Crippen LogP contribution in [-0.4, -0.2) is 43.4 Å². The van der Waals surface area contributed by atoms with Gasteiger partial charge in [-0.15, -0.1) is 0 Å². The smallest absolute Gasteiger partial charge is 0.229 e. The van der Waals surface area contributed by atoms with Gasteiger partial charge in [-0.1, -0.05) is 0 Å². The number of nitrogens with one attached hydrogen (secondary N) is 2. The monoisotopic (exact) mass is 344 g/mol. The van der Waals surface area contributed by atoms with E-state index in [1.165, 1.54) is 0 Å². The van der Waals surface area contributed by atoms with Crippen LogP contribution in [-0.2, 0) is 9.59 Å². The summed E-state index contributed by atoms with van der Waals surface area (Å²) >= 11 is 0. The Bertz CT molecular complexity index is 627. The van der Waals surface area contributed by atoms with Crippen molar-refractivity contribution in [2.75, 3.05) is 31.3 Å². The average Bonchev–Trinajstić information content (AvgIpc) is 3.15. The number of amides is 2. The van der Waals surface area contributed by atoms with E-state index >= 15 is 0 Å². The van der Waals surface area contributed by atoms with Crippen molar-refractivity contribution in [1.29, 1.82) is 0 Å². The summed E-state index contributed by atoms with van der Waals surface area (Å²) in [5.41, 5.74) is 7.71. The van der Waals surface area contributed by atoms with Crippen molar-refractivity contribution in [3.8, 4) is 0 Å². The van der Waals surface area contributed by atoms with Gasteiger partial charge in [0.25, 0.3) is 0 Å². The van der Waals surface area contributed by atoms with Gasteiger partial charge in [-0.25, -0.2) is 0 Å². The van der Waals surface area contributed by atoms with E-state index in [1.54, 1.807) is 0 Å². The molecule has 0 radical (unpaired) electrons. The van der Waals surface area contributed by atoms with Gasteiger partial charge >= 0.3 is 0 Å². The molecular formula is C19H28N4O2. The Morgan fingerprint density at radius 2 is 1.68 bits per heavy atom. The third kappa shape index (κ3) is 4.19. The summed E-state index contributed by atoms with van der Waals surface area (Å²) in [6.45, 7) is 0.712. The number of hydrogen-bond acceptors (Lipinski definition) is 4. The highest BCUT2D eigenvalue weighted by Gasteiger charge is 2.49. The summed E-state index contributed by atoms with van der Waals surface area (Å²) in [6, 6.07) is 7.25. The molecule has 2 aliphatic carbocycles. The van der Waals surface area contributed by atoms with Crippen molar-refractivity contribution in [2.24, 2.45) is 23.5 Å². The second kappa shape index (κ2) is 7.54. The van der Waals surface area contributed by atoms with Crippen LogP contribution in [0.1, 0.15) is 25.7 Å². The average molecular weight is 344 g/mol. The Morgan fingerprint density at radius 1 is 1.08 bits per heavy atom. The first-order chi connectivity index (χ1) is 11.9. The van der Waals surface area contributed by atoms with Gasteiger partial charge in [0.15, 0.2) is 0 Å². The number of anilines is 2. The number of rotatable bonds is 6. The minimum Gasteiger partial charge on any atom is -0.327 e. The van der Waals surface area contributed by atoms with Gasteiger partial charge in [-0.2, -0.15) is 0 Å². The normalized spacial score (nSPS) is 27.5. The van der Waals surface area contributed by atoms with Gasteiger partial charge in [-0.3, -0.25) is 9.59 Å². The zero-order valence-corrected chi connectivity index (χ0v) is 15.0. The van der Waals surface area contributed by atoms with Crippen molar-refractivity contribution in [3.05, 3.63) is 24.3 Å². The molecular weight excluding hydrogens is 316 g/mol. The second-order valence-corrected chi connectivity index (χ2v) is 7.60. The Kier molecular flexibility index (Phi) is 5.39. The van der Waals surface area contributed by atoms with Crippen molar-refractivity contribution in [3.63, 3.8) is 0 Å². The molecule has 0 aliphatic heterocycles. The second-order valence-electron chi connectivity index (χ2n) is 7.60. The van der Waals surface area contributed by atoms with Crippen LogP contribution in [0.2, 0.25) is 0 Å². The molecule has 4 unspecified atom stereocenters. The largest absolute Gasteiger partial charge is 0.327 e. The number of nitrogens with two attached hydrogens (primary N) is 1. The third-order valence-electron chi connectivity index (χ3n) is 5.51. The van der Waals surface area contributed by atoms with Crippen LogP contribution < -0.4 is 16.4 Å². The summed E-state index contributed by atoms with van der Waals surface area (Å²) in [5, 5.41) is 5.85. The number of nitrogens with zero attached hydrogens (tertiary/aromatic N) is 1. The van der Waals surface area contributed by atoms with Crippen LogP contribution in [0.5, 0.6) is 0 Å². The van der Waals surface area contributed by atoms with Gasteiger partial charge in [0.2, 0.25) is 11.8 Å². The van der Waals surface area contributed by atoms with Crippen LogP contribution in [0.15, 0.2) is 24.3 Å². The molecule has 4 atom stereocenters. The maximum Gasteiger partial charge on any atom is 0.229 e. The maximum absolute atomic E-state index is 12.6. The first-order valence-corrected chi connectivity index (χ1v) is 9.05. The van der Waals surface area contributed by atoms with Gasteiger partial charge in [-0.05, 0) is 69.5 Å². The lowest BCUT2D eigenvalue weighted by atomic mass is 9.84. The molecule has 0 heterocycles. The van der Waals surface area contributed by atoms with E-state index in [1.807, 2.05) is 43.3 Å². The first-order valence-electron chi connectivity index (χ1n) is 9.05. The molecule has 2 amide bonds. The fraction of sp³-hybridized carbons (Fsp3) is 0.579. The summed E-state index contributed by atoms with van der Waals surface area (Å²) < 4.78 is 0. The molecule has 0 aromatic heterocycles. The molecule has 2 aliphatic rings. The molecule has 0 spiro atoms. The third-order valence-corrected chi connectivity index (χ3v) is 5.51. The van der Waals surface area contributed by atoms with Crippen molar-refractivity contribution < 1.29 is 9.59 Å². The van der Waals surface area contributed by atoms with E-state index in [0.717, 1.165) is 30.6 Å². The molecule has 25 heavy (non-hydrogen) atoms. The number of benzene rings is 1. The number of carbonyl (C=O) groups excluding carboxylic acids is 2. The summed E-state index contributed by atoms with van der Waals surface area (Å²) in [6.07, 6.45) is 3.83. The molecule has 0 saturated heterocycles. The molecule has 6 heteroatoms. The molecule has 2 fully saturated rings. The molecule has 6 nitrogen and oxygen atoms in total. The van der Waals surface area contributed by atoms with Crippen LogP contribution >= 0.6 is 0 Å². The highest BCUT2D eigenvalue weighted by Crippen LogP contribution is 2.47.